The van der Waals surface area contributed by atoms with Crippen LogP contribution < -0.4 is 5.73 Å². The first kappa shape index (κ1) is 16.6. The molecule has 0 unspecified atom stereocenters. The molecule has 0 aliphatic carbocycles. The van der Waals surface area contributed by atoms with Gasteiger partial charge in [-0.1, -0.05) is 11.8 Å². The molecule has 0 aromatic carbocycles. The molecule has 0 bridgehead atoms. The third kappa shape index (κ3) is 3.89. The van der Waals surface area contributed by atoms with E-state index in [2.05, 4.69) is 19.7 Å². The van der Waals surface area contributed by atoms with Gasteiger partial charge >= 0.3 is 0 Å². The molecule has 7 nitrogen and oxygen atoms in total. The maximum absolute atomic E-state index is 12.4. The summed E-state index contributed by atoms with van der Waals surface area (Å²) in [6.07, 6.45) is 0.922. The summed E-state index contributed by atoms with van der Waals surface area (Å²) in [5, 5.41) is 6.95. The number of H-pyrrole nitrogens is 1. The number of thioether (sulfide) groups is 1. The fourth-order valence-electron chi connectivity index (χ4n) is 2.33. The SMILES string of the molecule is COCCCn1c(C)cc(C(=O)CSc2n[nH]c(N)n2)c1C. The number of carbonyl (C=O) groups excluding carboxylic acids is 1. The number of rotatable bonds is 8. The van der Waals surface area contributed by atoms with E-state index < -0.39 is 0 Å². The van der Waals surface area contributed by atoms with E-state index in [1.807, 2.05) is 19.9 Å². The number of nitrogens with one attached hydrogen (secondary N) is 1. The van der Waals surface area contributed by atoms with Crippen molar-refractivity contribution < 1.29 is 9.53 Å². The summed E-state index contributed by atoms with van der Waals surface area (Å²) in [4.78, 5) is 16.4. The minimum Gasteiger partial charge on any atom is -0.385 e. The minimum atomic E-state index is 0.0689. The number of aryl methyl sites for hydroxylation is 1. The minimum absolute atomic E-state index is 0.0689. The van der Waals surface area contributed by atoms with Gasteiger partial charge < -0.3 is 15.0 Å². The number of anilines is 1. The number of ether oxygens (including phenoxy) is 1. The largest absolute Gasteiger partial charge is 0.385 e. The summed E-state index contributed by atoms with van der Waals surface area (Å²) in [6, 6.07) is 1.94. The van der Waals surface area contributed by atoms with E-state index >= 15 is 0 Å². The molecule has 0 spiro atoms. The van der Waals surface area contributed by atoms with Crippen LogP contribution in [-0.2, 0) is 11.3 Å². The number of aromatic nitrogens is 4. The van der Waals surface area contributed by atoms with Gasteiger partial charge in [0.15, 0.2) is 5.78 Å². The van der Waals surface area contributed by atoms with Crippen LogP contribution in [-0.4, -0.2) is 45.0 Å². The van der Waals surface area contributed by atoms with Crippen molar-refractivity contribution in [1.29, 1.82) is 0 Å². The van der Waals surface area contributed by atoms with Gasteiger partial charge in [0.25, 0.3) is 0 Å². The Bertz CT molecular complexity index is 650. The van der Waals surface area contributed by atoms with E-state index in [-0.39, 0.29) is 11.7 Å². The van der Waals surface area contributed by atoms with Crippen LogP contribution >= 0.6 is 11.8 Å². The number of nitrogen functional groups attached to an aromatic ring is 1. The molecule has 0 radical (unpaired) electrons. The van der Waals surface area contributed by atoms with Gasteiger partial charge in [-0.3, -0.25) is 4.79 Å². The van der Waals surface area contributed by atoms with E-state index in [4.69, 9.17) is 10.5 Å². The molecule has 3 N–H and O–H groups in total. The molecule has 0 aliphatic heterocycles. The zero-order chi connectivity index (χ0) is 16.1. The first-order chi connectivity index (χ1) is 10.5. The number of methoxy groups -OCH3 is 1. The summed E-state index contributed by atoms with van der Waals surface area (Å²) < 4.78 is 7.23. The van der Waals surface area contributed by atoms with Gasteiger partial charge in [0.1, 0.15) is 0 Å². The second-order valence-corrected chi connectivity index (χ2v) is 5.94. The normalized spacial score (nSPS) is 11.0. The standard InChI is InChI=1S/C14H21N5O2S/c1-9-7-11(10(2)19(9)5-4-6-21-3)12(20)8-22-14-16-13(15)17-18-14/h7H,4-6,8H2,1-3H3,(H3,15,16,17,18). The zero-order valence-corrected chi connectivity index (χ0v) is 13.9. The summed E-state index contributed by atoms with van der Waals surface area (Å²) in [6.45, 7) is 5.55. The Hall–Kier alpha value is -1.80. The second-order valence-electron chi connectivity index (χ2n) is 5.00. The number of hydrogen-bond acceptors (Lipinski definition) is 6. The summed E-state index contributed by atoms with van der Waals surface area (Å²) in [5.41, 5.74) is 8.30. The lowest BCUT2D eigenvalue weighted by atomic mass is 10.2. The Morgan fingerprint density at radius 3 is 2.91 bits per heavy atom. The van der Waals surface area contributed by atoms with Crippen LogP contribution in [0.2, 0.25) is 0 Å². The number of carbonyl (C=O) groups is 1. The molecular weight excluding hydrogens is 302 g/mol. The highest BCUT2D eigenvalue weighted by Gasteiger charge is 2.16. The van der Waals surface area contributed by atoms with E-state index in [1.54, 1.807) is 7.11 Å². The van der Waals surface area contributed by atoms with Crippen LogP contribution in [0.25, 0.3) is 0 Å². The lowest BCUT2D eigenvalue weighted by molar-refractivity contribution is 0.102. The maximum atomic E-state index is 12.4. The van der Waals surface area contributed by atoms with Crippen LogP contribution in [0, 0.1) is 13.8 Å². The van der Waals surface area contributed by atoms with Crippen molar-refractivity contribution >= 4 is 23.5 Å². The summed E-state index contributed by atoms with van der Waals surface area (Å²) in [7, 11) is 1.69. The average Bonchev–Trinajstić information content (AvgIpc) is 3.02. The van der Waals surface area contributed by atoms with E-state index in [0.717, 1.165) is 29.9 Å². The van der Waals surface area contributed by atoms with Crippen molar-refractivity contribution in [2.75, 3.05) is 25.2 Å². The second kappa shape index (κ2) is 7.46. The Morgan fingerprint density at radius 2 is 2.27 bits per heavy atom. The van der Waals surface area contributed by atoms with Crippen molar-refractivity contribution in [3.8, 4) is 0 Å². The molecule has 8 heteroatoms. The van der Waals surface area contributed by atoms with E-state index in [0.29, 0.717) is 17.5 Å². The molecule has 0 fully saturated rings. The summed E-state index contributed by atoms with van der Waals surface area (Å²) in [5.74, 6) is 0.616. The number of ketones is 1. The van der Waals surface area contributed by atoms with Gasteiger partial charge in [0.2, 0.25) is 11.1 Å². The van der Waals surface area contributed by atoms with Gasteiger partial charge in [0, 0.05) is 37.2 Å². The molecule has 2 rings (SSSR count). The molecule has 0 amide bonds. The first-order valence-electron chi connectivity index (χ1n) is 7.02. The van der Waals surface area contributed by atoms with Crippen LogP contribution in [0.5, 0.6) is 0 Å². The van der Waals surface area contributed by atoms with Crippen LogP contribution in [0.15, 0.2) is 11.2 Å². The molecule has 0 saturated carbocycles. The predicted octanol–water partition coefficient (Wildman–Crippen LogP) is 1.82. The Balaban J connectivity index is 2.01. The lowest BCUT2D eigenvalue weighted by Crippen LogP contribution is -2.08. The highest BCUT2D eigenvalue weighted by Crippen LogP contribution is 2.20. The van der Waals surface area contributed by atoms with Crippen molar-refractivity contribution in [2.24, 2.45) is 0 Å². The molecular formula is C14H21N5O2S. The predicted molar refractivity (Wildman–Crippen MR) is 86.2 cm³/mol. The van der Waals surface area contributed by atoms with Gasteiger partial charge in [-0.15, -0.1) is 5.10 Å². The molecule has 2 aromatic heterocycles. The topological polar surface area (TPSA) is 98.8 Å². The smallest absolute Gasteiger partial charge is 0.216 e. The van der Waals surface area contributed by atoms with Gasteiger partial charge in [-0.2, -0.15) is 4.98 Å². The zero-order valence-electron chi connectivity index (χ0n) is 13.0. The van der Waals surface area contributed by atoms with Crippen molar-refractivity contribution in [3.63, 3.8) is 0 Å². The van der Waals surface area contributed by atoms with Crippen molar-refractivity contribution in [1.82, 2.24) is 19.7 Å². The van der Waals surface area contributed by atoms with Gasteiger partial charge in [0.05, 0.1) is 5.75 Å². The number of Topliss-reactive ketones (excluding diaryl/α,β-unsaturated/α-hetero) is 1. The van der Waals surface area contributed by atoms with Crippen molar-refractivity contribution in [2.45, 2.75) is 32.0 Å². The maximum Gasteiger partial charge on any atom is 0.216 e. The monoisotopic (exact) mass is 323 g/mol. The third-order valence-electron chi connectivity index (χ3n) is 3.42. The number of hydrogen-bond donors (Lipinski definition) is 2. The number of nitrogens with two attached hydrogens (primary N) is 1. The number of nitrogens with zero attached hydrogens (tertiary/aromatic N) is 3. The van der Waals surface area contributed by atoms with Crippen molar-refractivity contribution in [3.05, 3.63) is 23.0 Å². The Morgan fingerprint density at radius 1 is 1.50 bits per heavy atom. The fourth-order valence-corrected chi connectivity index (χ4v) is 3.01. The third-order valence-corrected chi connectivity index (χ3v) is 4.27. The molecule has 120 valence electrons. The Labute approximate surface area is 133 Å². The van der Waals surface area contributed by atoms with Gasteiger partial charge in [-0.25, -0.2) is 5.10 Å². The Kier molecular flexibility index (Phi) is 5.62. The molecule has 2 heterocycles. The quantitative estimate of drug-likeness (QED) is 0.437. The number of aromatic amines is 1. The molecule has 0 atom stereocenters. The van der Waals surface area contributed by atoms with E-state index in [1.165, 1.54) is 11.8 Å². The highest BCUT2D eigenvalue weighted by atomic mass is 32.2. The average molecular weight is 323 g/mol. The highest BCUT2D eigenvalue weighted by molar-refractivity contribution is 7.99. The summed E-state index contributed by atoms with van der Waals surface area (Å²) >= 11 is 1.28. The van der Waals surface area contributed by atoms with Gasteiger partial charge in [-0.05, 0) is 26.3 Å². The van der Waals surface area contributed by atoms with Crippen LogP contribution in [0.3, 0.4) is 0 Å². The van der Waals surface area contributed by atoms with Crippen LogP contribution in [0.1, 0.15) is 28.2 Å². The molecule has 22 heavy (non-hydrogen) atoms. The van der Waals surface area contributed by atoms with Crippen LogP contribution in [0.4, 0.5) is 5.95 Å². The lowest BCUT2D eigenvalue weighted by Gasteiger charge is -2.09. The fraction of sp³-hybridized carbons (Fsp3) is 0.500. The molecule has 0 saturated heterocycles. The first-order valence-corrected chi connectivity index (χ1v) is 8.01. The van der Waals surface area contributed by atoms with E-state index in [9.17, 15) is 4.79 Å². The molecule has 0 aliphatic rings. The molecule has 2 aromatic rings.